The number of primary amides is 1. The Morgan fingerprint density at radius 3 is 2.06 bits per heavy atom. The lowest BCUT2D eigenvalue weighted by Crippen LogP contribution is -2.49. The smallest absolute Gasteiger partial charge is 0.391 e. The van der Waals surface area contributed by atoms with Crippen molar-refractivity contribution in [3.8, 4) is 0 Å². The monoisotopic (exact) mass is 268 g/mol. The molecule has 1 fully saturated rings. The van der Waals surface area contributed by atoms with Crippen LogP contribution in [0.2, 0.25) is 0 Å². The fourth-order valence-electron chi connectivity index (χ4n) is 2.31. The first-order valence-electron chi connectivity index (χ1n) is 5.57. The number of halogens is 3. The Kier molecular flexibility index (Phi) is 4.42. The molecule has 1 rings (SSSR count). The molecule has 5 nitrogen and oxygen atoms in total. The van der Waals surface area contributed by atoms with E-state index in [2.05, 4.69) is 5.32 Å². The Labute approximate surface area is 102 Å². The first kappa shape index (κ1) is 14.6. The molecule has 0 aromatic rings. The number of hydrogen-bond acceptors (Lipinski definition) is 2. The highest BCUT2D eigenvalue weighted by molar-refractivity contribution is 5.81. The highest BCUT2D eigenvalue weighted by Gasteiger charge is 2.43. The number of carbonyl (C=O) groups excluding carboxylic acids is 1. The molecule has 1 atom stereocenters. The summed E-state index contributed by atoms with van der Waals surface area (Å²) in [5.41, 5.74) is 4.84. The number of hydrogen-bond donors (Lipinski definition) is 3. The minimum absolute atomic E-state index is 0.113. The largest absolute Gasteiger partial charge is 0.480 e. The predicted octanol–water partition coefficient (Wildman–Crippen LogP) is 1.48. The normalized spacial score (nSPS) is 26.4. The Balaban J connectivity index is 2.59. The van der Waals surface area contributed by atoms with E-state index in [1.165, 1.54) is 0 Å². The van der Waals surface area contributed by atoms with Crippen LogP contribution in [0.25, 0.3) is 0 Å². The predicted molar refractivity (Wildman–Crippen MR) is 55.6 cm³/mol. The fourth-order valence-corrected chi connectivity index (χ4v) is 2.31. The molecule has 0 bridgehead atoms. The molecule has 0 aromatic heterocycles. The van der Waals surface area contributed by atoms with Crippen LogP contribution in [0, 0.1) is 11.8 Å². The van der Waals surface area contributed by atoms with Gasteiger partial charge in [-0.15, -0.1) is 0 Å². The number of carboxylic acid groups (broad SMARTS) is 1. The molecule has 104 valence electrons. The van der Waals surface area contributed by atoms with Gasteiger partial charge in [0.25, 0.3) is 0 Å². The number of nitrogens with two attached hydrogens (primary N) is 1. The van der Waals surface area contributed by atoms with E-state index in [1.807, 2.05) is 0 Å². The van der Waals surface area contributed by atoms with Gasteiger partial charge in [0.2, 0.25) is 0 Å². The van der Waals surface area contributed by atoms with E-state index in [4.69, 9.17) is 10.8 Å². The van der Waals surface area contributed by atoms with E-state index < -0.39 is 36.1 Å². The van der Waals surface area contributed by atoms with Crippen LogP contribution >= 0.6 is 0 Å². The van der Waals surface area contributed by atoms with Gasteiger partial charge in [0.15, 0.2) is 0 Å². The number of nitrogens with one attached hydrogen (secondary N) is 1. The number of carbonyl (C=O) groups is 2. The summed E-state index contributed by atoms with van der Waals surface area (Å²) in [5, 5.41) is 11.0. The molecule has 0 aromatic carbocycles. The molecule has 1 aliphatic carbocycles. The van der Waals surface area contributed by atoms with Crippen molar-refractivity contribution in [2.24, 2.45) is 17.6 Å². The second-order valence-corrected chi connectivity index (χ2v) is 4.48. The number of rotatable bonds is 3. The van der Waals surface area contributed by atoms with Crippen molar-refractivity contribution in [3.05, 3.63) is 0 Å². The van der Waals surface area contributed by atoms with Crippen LogP contribution < -0.4 is 11.1 Å². The minimum atomic E-state index is -4.24. The van der Waals surface area contributed by atoms with Crippen molar-refractivity contribution in [1.29, 1.82) is 0 Å². The zero-order chi connectivity index (χ0) is 13.9. The van der Waals surface area contributed by atoms with E-state index in [9.17, 15) is 22.8 Å². The van der Waals surface area contributed by atoms with Gasteiger partial charge in [0, 0.05) is 0 Å². The second kappa shape index (κ2) is 5.45. The number of alkyl halides is 3. The zero-order valence-electron chi connectivity index (χ0n) is 9.54. The average Bonchev–Trinajstić information content (AvgIpc) is 2.24. The summed E-state index contributed by atoms with van der Waals surface area (Å²) in [6.45, 7) is 0. The molecule has 1 aliphatic rings. The van der Waals surface area contributed by atoms with Crippen LogP contribution in [0.4, 0.5) is 18.0 Å². The number of urea groups is 1. The van der Waals surface area contributed by atoms with Crippen molar-refractivity contribution in [2.45, 2.75) is 37.9 Å². The molecule has 0 heterocycles. The number of carboxylic acids is 1. The molecule has 18 heavy (non-hydrogen) atoms. The maximum Gasteiger partial charge on any atom is 0.391 e. The first-order chi connectivity index (χ1) is 8.21. The quantitative estimate of drug-likeness (QED) is 0.723. The summed E-state index contributed by atoms with van der Waals surface area (Å²) in [6.07, 6.45) is -4.24. The van der Waals surface area contributed by atoms with Crippen LogP contribution in [0.1, 0.15) is 25.7 Å². The summed E-state index contributed by atoms with van der Waals surface area (Å²) in [6, 6.07) is -2.20. The topological polar surface area (TPSA) is 92.4 Å². The average molecular weight is 268 g/mol. The van der Waals surface area contributed by atoms with Gasteiger partial charge in [0.05, 0.1) is 5.92 Å². The van der Waals surface area contributed by atoms with E-state index >= 15 is 0 Å². The molecule has 2 amide bonds. The van der Waals surface area contributed by atoms with Crippen molar-refractivity contribution < 1.29 is 27.9 Å². The molecule has 1 saturated carbocycles. The summed E-state index contributed by atoms with van der Waals surface area (Å²) in [5.74, 6) is -3.16. The first-order valence-corrected chi connectivity index (χ1v) is 5.57. The molecule has 0 spiro atoms. The highest BCUT2D eigenvalue weighted by Crippen LogP contribution is 2.40. The maximum atomic E-state index is 12.4. The van der Waals surface area contributed by atoms with Crippen LogP contribution in [0.15, 0.2) is 0 Å². The third-order valence-corrected chi connectivity index (χ3v) is 3.27. The van der Waals surface area contributed by atoms with Crippen LogP contribution in [0.3, 0.4) is 0 Å². The Morgan fingerprint density at radius 2 is 1.72 bits per heavy atom. The van der Waals surface area contributed by atoms with Gasteiger partial charge in [-0.1, -0.05) is 0 Å². The van der Waals surface area contributed by atoms with Gasteiger partial charge in [-0.3, -0.25) is 0 Å². The van der Waals surface area contributed by atoms with Crippen LogP contribution in [0.5, 0.6) is 0 Å². The number of amides is 2. The van der Waals surface area contributed by atoms with Crippen molar-refractivity contribution in [3.63, 3.8) is 0 Å². The summed E-state index contributed by atoms with van der Waals surface area (Å²) >= 11 is 0. The standard InChI is InChI=1S/C10H15F3N2O3/c11-10(12,13)6-3-1-5(2-4-6)7(8(16)17)15-9(14)18/h5-7H,1-4H2,(H,16,17)(H3,14,15,18)/t5-,6-,7?. The molecule has 4 N–H and O–H groups in total. The molecular weight excluding hydrogens is 253 g/mol. The Morgan fingerprint density at radius 1 is 1.22 bits per heavy atom. The van der Waals surface area contributed by atoms with E-state index in [-0.39, 0.29) is 25.7 Å². The van der Waals surface area contributed by atoms with E-state index in [1.54, 1.807) is 0 Å². The summed E-state index contributed by atoms with van der Waals surface area (Å²) in [4.78, 5) is 21.6. The van der Waals surface area contributed by atoms with Gasteiger partial charge in [0.1, 0.15) is 6.04 Å². The lowest BCUT2D eigenvalue weighted by atomic mass is 9.78. The van der Waals surface area contributed by atoms with Gasteiger partial charge in [-0.2, -0.15) is 13.2 Å². The summed E-state index contributed by atoms with van der Waals surface area (Å²) < 4.78 is 37.3. The van der Waals surface area contributed by atoms with Crippen LogP contribution in [-0.2, 0) is 4.79 Å². The Bertz CT molecular complexity index is 325. The summed E-state index contributed by atoms with van der Waals surface area (Å²) in [7, 11) is 0. The van der Waals surface area contributed by atoms with Gasteiger partial charge in [-0.05, 0) is 31.6 Å². The maximum absolute atomic E-state index is 12.4. The lowest BCUT2D eigenvalue weighted by Gasteiger charge is -2.32. The second-order valence-electron chi connectivity index (χ2n) is 4.48. The minimum Gasteiger partial charge on any atom is -0.480 e. The molecular formula is C10H15F3N2O3. The molecule has 0 aliphatic heterocycles. The SMILES string of the molecule is NC(=O)NC(C(=O)O)[C@H]1CC[C@H](C(F)(F)F)CC1. The highest BCUT2D eigenvalue weighted by atomic mass is 19.4. The zero-order valence-corrected chi connectivity index (χ0v) is 9.54. The van der Waals surface area contributed by atoms with Crippen molar-refractivity contribution in [1.82, 2.24) is 5.32 Å². The van der Waals surface area contributed by atoms with Gasteiger partial charge in [-0.25, -0.2) is 9.59 Å². The molecule has 1 unspecified atom stereocenters. The fraction of sp³-hybridized carbons (Fsp3) is 0.800. The third-order valence-electron chi connectivity index (χ3n) is 3.27. The third kappa shape index (κ3) is 3.78. The molecule has 8 heteroatoms. The molecule has 0 radical (unpaired) electrons. The van der Waals surface area contributed by atoms with E-state index in [0.717, 1.165) is 0 Å². The lowest BCUT2D eigenvalue weighted by molar-refractivity contribution is -0.184. The van der Waals surface area contributed by atoms with Gasteiger partial charge >= 0.3 is 18.2 Å². The van der Waals surface area contributed by atoms with Gasteiger partial charge < -0.3 is 16.2 Å². The van der Waals surface area contributed by atoms with Crippen molar-refractivity contribution >= 4 is 12.0 Å². The Hall–Kier alpha value is -1.47. The number of aliphatic carboxylic acids is 1. The van der Waals surface area contributed by atoms with Crippen LogP contribution in [-0.4, -0.2) is 29.3 Å². The van der Waals surface area contributed by atoms with Crippen molar-refractivity contribution in [2.75, 3.05) is 0 Å². The van der Waals surface area contributed by atoms with E-state index in [0.29, 0.717) is 0 Å². The molecule has 0 saturated heterocycles.